The molecule has 1 aromatic heterocycles. The van der Waals surface area contributed by atoms with Crippen molar-refractivity contribution >= 4 is 28.3 Å². The van der Waals surface area contributed by atoms with Crippen molar-refractivity contribution in [2.75, 3.05) is 24.7 Å². The summed E-state index contributed by atoms with van der Waals surface area (Å²) in [7, 11) is 1.28. The molecule has 3 N–H and O–H groups in total. The summed E-state index contributed by atoms with van der Waals surface area (Å²) >= 11 is 1.08. The average molecular weight is 295 g/mol. The van der Waals surface area contributed by atoms with Gasteiger partial charge in [0.25, 0.3) is 0 Å². The maximum atomic E-state index is 13.4. The lowest BCUT2D eigenvalue weighted by atomic mass is 10.1. The fourth-order valence-corrected chi connectivity index (χ4v) is 2.46. The molecular weight excluding hydrogens is 281 g/mol. The van der Waals surface area contributed by atoms with Gasteiger partial charge in [0.2, 0.25) is 0 Å². The first-order chi connectivity index (χ1) is 9.63. The first kappa shape index (κ1) is 14.3. The van der Waals surface area contributed by atoms with Gasteiger partial charge >= 0.3 is 5.97 Å². The van der Waals surface area contributed by atoms with Crippen LogP contribution in [0.5, 0.6) is 0 Å². The molecule has 5 nitrogen and oxygen atoms in total. The van der Waals surface area contributed by atoms with Gasteiger partial charge in [-0.25, -0.2) is 9.18 Å². The highest BCUT2D eigenvalue weighted by Crippen LogP contribution is 2.27. The van der Waals surface area contributed by atoms with Gasteiger partial charge in [-0.15, -0.1) is 0 Å². The van der Waals surface area contributed by atoms with E-state index in [1.807, 2.05) is 0 Å². The van der Waals surface area contributed by atoms with Crippen molar-refractivity contribution in [3.63, 3.8) is 0 Å². The minimum atomic E-state index is -0.537. The lowest BCUT2D eigenvalue weighted by Gasteiger charge is -2.06. The molecule has 0 amide bonds. The van der Waals surface area contributed by atoms with Gasteiger partial charge in [-0.1, -0.05) is 18.2 Å². The summed E-state index contributed by atoms with van der Waals surface area (Å²) in [6, 6.07) is 6.56. The summed E-state index contributed by atoms with van der Waals surface area (Å²) in [6.07, 6.45) is 0.491. The van der Waals surface area contributed by atoms with Crippen molar-refractivity contribution in [3.8, 4) is 0 Å². The summed E-state index contributed by atoms with van der Waals surface area (Å²) in [5, 5.41) is 3.57. The molecule has 106 valence electrons. The van der Waals surface area contributed by atoms with Gasteiger partial charge in [0, 0.05) is 6.54 Å². The Balaban J connectivity index is 2.02. The minimum absolute atomic E-state index is 0.134. The van der Waals surface area contributed by atoms with Gasteiger partial charge in [-0.2, -0.15) is 4.37 Å². The largest absolute Gasteiger partial charge is 0.465 e. The van der Waals surface area contributed by atoms with Crippen LogP contribution in [0.25, 0.3) is 0 Å². The lowest BCUT2D eigenvalue weighted by Crippen LogP contribution is -2.10. The molecule has 0 radical (unpaired) electrons. The Morgan fingerprint density at radius 2 is 2.25 bits per heavy atom. The fourth-order valence-electron chi connectivity index (χ4n) is 1.73. The van der Waals surface area contributed by atoms with E-state index in [9.17, 15) is 9.18 Å². The SMILES string of the molecule is COC(=O)c1c(N)nsc1NCCc1ccccc1F. The molecule has 0 aliphatic carbocycles. The van der Waals surface area contributed by atoms with Crippen molar-refractivity contribution in [1.82, 2.24) is 4.37 Å². The van der Waals surface area contributed by atoms with Crippen molar-refractivity contribution < 1.29 is 13.9 Å². The standard InChI is InChI=1S/C13H14FN3O2S/c1-19-13(18)10-11(15)17-20-12(10)16-7-6-8-4-2-3-5-9(8)14/h2-5,16H,6-7H2,1H3,(H2,15,17). The van der Waals surface area contributed by atoms with Crippen molar-refractivity contribution in [1.29, 1.82) is 0 Å². The summed E-state index contributed by atoms with van der Waals surface area (Å²) in [4.78, 5) is 11.6. The highest BCUT2D eigenvalue weighted by molar-refractivity contribution is 7.11. The first-order valence-electron chi connectivity index (χ1n) is 5.94. The van der Waals surface area contributed by atoms with Crippen LogP contribution in [-0.4, -0.2) is 24.0 Å². The summed E-state index contributed by atoms with van der Waals surface area (Å²) in [5.74, 6) is -0.647. The number of nitrogens with two attached hydrogens (primary N) is 1. The van der Waals surface area contributed by atoms with E-state index in [0.717, 1.165) is 11.5 Å². The summed E-state index contributed by atoms with van der Waals surface area (Å²) in [6.45, 7) is 0.465. The van der Waals surface area contributed by atoms with Crippen LogP contribution in [0.15, 0.2) is 24.3 Å². The van der Waals surface area contributed by atoms with Crippen LogP contribution in [0.1, 0.15) is 15.9 Å². The number of hydrogen-bond acceptors (Lipinski definition) is 6. The molecule has 1 heterocycles. The second-order valence-electron chi connectivity index (χ2n) is 4.03. The maximum absolute atomic E-state index is 13.4. The quantitative estimate of drug-likeness (QED) is 0.828. The van der Waals surface area contributed by atoms with Gasteiger partial charge in [-0.05, 0) is 29.6 Å². The Bertz CT molecular complexity index is 615. The molecular formula is C13H14FN3O2S. The second kappa shape index (κ2) is 6.33. The third kappa shape index (κ3) is 3.05. The molecule has 0 spiro atoms. The topological polar surface area (TPSA) is 77.2 Å². The highest BCUT2D eigenvalue weighted by atomic mass is 32.1. The number of benzene rings is 1. The molecule has 0 saturated heterocycles. The predicted molar refractivity (Wildman–Crippen MR) is 76.5 cm³/mol. The van der Waals surface area contributed by atoms with Crippen LogP contribution >= 0.6 is 11.5 Å². The number of anilines is 2. The van der Waals surface area contributed by atoms with Crippen molar-refractivity contribution in [3.05, 3.63) is 41.2 Å². The zero-order valence-electron chi connectivity index (χ0n) is 10.9. The van der Waals surface area contributed by atoms with Crippen LogP contribution in [0.4, 0.5) is 15.2 Å². The van der Waals surface area contributed by atoms with Gasteiger partial charge in [0.1, 0.15) is 16.4 Å². The molecule has 0 atom stereocenters. The van der Waals surface area contributed by atoms with Crippen LogP contribution in [0, 0.1) is 5.82 Å². The predicted octanol–water partition coefficient (Wildman–Crippen LogP) is 2.31. The Morgan fingerprint density at radius 1 is 1.50 bits per heavy atom. The second-order valence-corrected chi connectivity index (χ2v) is 4.81. The number of halogens is 1. The third-order valence-corrected chi connectivity index (χ3v) is 3.56. The van der Waals surface area contributed by atoms with Gasteiger partial charge in [0.15, 0.2) is 5.82 Å². The van der Waals surface area contributed by atoms with Crippen LogP contribution < -0.4 is 11.1 Å². The Morgan fingerprint density at radius 3 is 2.95 bits per heavy atom. The first-order valence-corrected chi connectivity index (χ1v) is 6.71. The number of hydrogen-bond donors (Lipinski definition) is 2. The molecule has 0 unspecified atom stereocenters. The van der Waals surface area contributed by atoms with E-state index in [2.05, 4.69) is 14.4 Å². The molecule has 20 heavy (non-hydrogen) atoms. The van der Waals surface area contributed by atoms with E-state index in [4.69, 9.17) is 5.73 Å². The minimum Gasteiger partial charge on any atom is -0.465 e. The molecule has 0 aliphatic heterocycles. The molecule has 0 saturated carbocycles. The number of methoxy groups -OCH3 is 1. The number of nitrogen functional groups attached to an aromatic ring is 1. The summed E-state index contributed by atoms with van der Waals surface area (Å²) < 4.78 is 22.0. The van der Waals surface area contributed by atoms with E-state index < -0.39 is 5.97 Å². The van der Waals surface area contributed by atoms with E-state index in [-0.39, 0.29) is 17.2 Å². The van der Waals surface area contributed by atoms with Gasteiger partial charge in [0.05, 0.1) is 7.11 Å². The number of ether oxygens (including phenoxy) is 1. The smallest absolute Gasteiger partial charge is 0.344 e. The van der Waals surface area contributed by atoms with E-state index in [1.165, 1.54) is 13.2 Å². The number of aromatic nitrogens is 1. The molecule has 2 rings (SSSR count). The van der Waals surface area contributed by atoms with Crippen LogP contribution in [-0.2, 0) is 11.2 Å². The molecule has 7 heteroatoms. The van der Waals surface area contributed by atoms with E-state index >= 15 is 0 Å². The number of carbonyl (C=O) groups is 1. The summed E-state index contributed by atoms with van der Waals surface area (Å²) in [5.41, 5.74) is 6.46. The third-order valence-electron chi connectivity index (χ3n) is 2.75. The molecule has 0 bridgehead atoms. The Hall–Kier alpha value is -2.15. The molecule has 0 fully saturated rings. The van der Waals surface area contributed by atoms with Gasteiger partial charge < -0.3 is 15.8 Å². The normalized spacial score (nSPS) is 10.3. The van der Waals surface area contributed by atoms with Crippen LogP contribution in [0.2, 0.25) is 0 Å². The maximum Gasteiger partial charge on any atom is 0.344 e. The molecule has 2 aromatic rings. The highest BCUT2D eigenvalue weighted by Gasteiger charge is 2.19. The molecule has 0 aliphatic rings. The fraction of sp³-hybridized carbons (Fsp3) is 0.231. The number of nitrogens with one attached hydrogen (secondary N) is 1. The Labute approximate surface area is 119 Å². The van der Waals surface area contributed by atoms with Gasteiger partial charge in [-0.3, -0.25) is 0 Å². The zero-order chi connectivity index (χ0) is 14.5. The number of rotatable bonds is 5. The monoisotopic (exact) mass is 295 g/mol. The van der Waals surface area contributed by atoms with E-state index in [0.29, 0.717) is 23.5 Å². The van der Waals surface area contributed by atoms with Crippen molar-refractivity contribution in [2.24, 2.45) is 0 Å². The number of esters is 1. The molecule has 1 aromatic carbocycles. The zero-order valence-corrected chi connectivity index (χ0v) is 11.7. The van der Waals surface area contributed by atoms with Crippen LogP contribution in [0.3, 0.4) is 0 Å². The van der Waals surface area contributed by atoms with E-state index in [1.54, 1.807) is 18.2 Å². The number of carbonyl (C=O) groups excluding carboxylic acids is 1. The Kier molecular flexibility index (Phi) is 4.52. The van der Waals surface area contributed by atoms with Crippen molar-refractivity contribution in [2.45, 2.75) is 6.42 Å². The average Bonchev–Trinajstić information content (AvgIpc) is 2.81. The lowest BCUT2D eigenvalue weighted by molar-refractivity contribution is 0.0603. The number of nitrogens with zero attached hydrogens (tertiary/aromatic N) is 1.